The fourth-order valence-electron chi connectivity index (χ4n) is 4.17. The summed E-state index contributed by atoms with van der Waals surface area (Å²) in [4.78, 5) is 12.8. The maximum absolute atomic E-state index is 13.1. The third kappa shape index (κ3) is 6.03. The van der Waals surface area contributed by atoms with E-state index in [2.05, 4.69) is 10.0 Å². The Hall–Kier alpha value is -2.65. The number of aryl methyl sites for hydroxylation is 1. The molecule has 7 nitrogen and oxygen atoms in total. The van der Waals surface area contributed by atoms with Gasteiger partial charge in [-0.1, -0.05) is 12.1 Å². The van der Waals surface area contributed by atoms with Crippen LogP contribution in [-0.4, -0.2) is 34.6 Å². The van der Waals surface area contributed by atoms with Crippen LogP contribution in [0.3, 0.4) is 0 Å². The first-order valence-electron chi connectivity index (χ1n) is 11.0. The van der Waals surface area contributed by atoms with Crippen LogP contribution in [0.2, 0.25) is 0 Å². The summed E-state index contributed by atoms with van der Waals surface area (Å²) in [6, 6.07) is 8.67. The van der Waals surface area contributed by atoms with Crippen molar-refractivity contribution in [2.24, 2.45) is 5.92 Å². The zero-order valence-electron chi connectivity index (χ0n) is 19.4. The van der Waals surface area contributed by atoms with Crippen molar-refractivity contribution in [1.82, 2.24) is 10.0 Å². The highest BCUT2D eigenvalue weighted by molar-refractivity contribution is 7.89. The minimum absolute atomic E-state index is 0.0659. The fraction of sp³-hybridized carbons (Fsp3) is 0.458. The Kier molecular flexibility index (Phi) is 7.97. The summed E-state index contributed by atoms with van der Waals surface area (Å²) < 4.78 is 52.4. The minimum Gasteiger partial charge on any atom is -0.493 e. The monoisotopic (exact) mass is 478 g/mol. The summed E-state index contributed by atoms with van der Waals surface area (Å²) in [7, 11) is -0.804. The van der Waals surface area contributed by atoms with Gasteiger partial charge in [0.25, 0.3) is 0 Å². The number of benzene rings is 2. The molecule has 180 valence electrons. The number of hydrogen-bond donors (Lipinski definition) is 2. The predicted molar refractivity (Wildman–Crippen MR) is 123 cm³/mol. The lowest BCUT2D eigenvalue weighted by Gasteiger charge is -2.29. The average molecular weight is 479 g/mol. The van der Waals surface area contributed by atoms with Gasteiger partial charge in [-0.15, -0.1) is 0 Å². The van der Waals surface area contributed by atoms with Crippen LogP contribution in [0.1, 0.15) is 49.8 Å². The zero-order chi connectivity index (χ0) is 24.2. The molecular weight excluding hydrogens is 447 g/mol. The Balaban J connectivity index is 1.58. The number of hydrogen-bond acceptors (Lipinski definition) is 5. The van der Waals surface area contributed by atoms with Gasteiger partial charge in [0.15, 0.2) is 11.5 Å². The number of rotatable bonds is 8. The van der Waals surface area contributed by atoms with Crippen LogP contribution in [-0.2, 0) is 14.8 Å². The third-order valence-electron chi connectivity index (χ3n) is 6.12. The first-order valence-corrected chi connectivity index (χ1v) is 12.4. The molecule has 0 saturated heterocycles. The summed E-state index contributed by atoms with van der Waals surface area (Å²) in [6.07, 6.45) is 2.29. The van der Waals surface area contributed by atoms with Crippen molar-refractivity contribution >= 4 is 15.9 Å². The highest BCUT2D eigenvalue weighted by Gasteiger charge is 2.30. The Bertz CT molecular complexity index is 1080. The number of methoxy groups -OCH3 is 2. The summed E-state index contributed by atoms with van der Waals surface area (Å²) in [5.74, 6) is 0.246. The topological polar surface area (TPSA) is 93.7 Å². The van der Waals surface area contributed by atoms with E-state index in [1.165, 1.54) is 32.4 Å². The highest BCUT2D eigenvalue weighted by Crippen LogP contribution is 2.33. The number of amides is 1. The van der Waals surface area contributed by atoms with E-state index in [-0.39, 0.29) is 34.6 Å². The van der Waals surface area contributed by atoms with Crippen molar-refractivity contribution in [2.45, 2.75) is 56.5 Å². The zero-order valence-corrected chi connectivity index (χ0v) is 20.2. The molecule has 0 bridgehead atoms. The van der Waals surface area contributed by atoms with Crippen molar-refractivity contribution in [3.05, 3.63) is 53.3 Å². The van der Waals surface area contributed by atoms with E-state index in [9.17, 15) is 17.6 Å². The van der Waals surface area contributed by atoms with Gasteiger partial charge in [-0.2, -0.15) is 0 Å². The lowest BCUT2D eigenvalue weighted by atomic mass is 9.85. The molecule has 2 aromatic carbocycles. The molecule has 3 rings (SSSR count). The first kappa shape index (κ1) is 25.0. The molecule has 33 heavy (non-hydrogen) atoms. The van der Waals surface area contributed by atoms with E-state index < -0.39 is 10.0 Å². The molecule has 0 aromatic heterocycles. The molecule has 9 heteroatoms. The molecule has 0 radical (unpaired) electrons. The van der Waals surface area contributed by atoms with Crippen molar-refractivity contribution in [3.8, 4) is 11.5 Å². The minimum atomic E-state index is -3.76. The first-order chi connectivity index (χ1) is 15.6. The van der Waals surface area contributed by atoms with Gasteiger partial charge in [0.1, 0.15) is 5.82 Å². The van der Waals surface area contributed by atoms with E-state index >= 15 is 0 Å². The lowest BCUT2D eigenvalue weighted by molar-refractivity contribution is -0.126. The Labute approximate surface area is 194 Å². The highest BCUT2D eigenvalue weighted by atomic mass is 32.2. The van der Waals surface area contributed by atoms with Gasteiger partial charge in [-0.3, -0.25) is 4.79 Å². The normalized spacial score (nSPS) is 19.5. The number of ether oxygens (including phenoxy) is 2. The second-order valence-corrected chi connectivity index (χ2v) is 10.1. The molecular formula is C24H31FN2O5S. The van der Waals surface area contributed by atoms with E-state index in [1.54, 1.807) is 25.1 Å². The molecule has 1 atom stereocenters. The van der Waals surface area contributed by atoms with Crippen molar-refractivity contribution < 1.29 is 27.1 Å². The van der Waals surface area contributed by atoms with Gasteiger partial charge in [0.05, 0.1) is 25.2 Å². The quantitative estimate of drug-likeness (QED) is 0.601. The van der Waals surface area contributed by atoms with E-state index in [0.29, 0.717) is 42.7 Å². The van der Waals surface area contributed by atoms with Crippen LogP contribution >= 0.6 is 0 Å². The van der Waals surface area contributed by atoms with Crippen molar-refractivity contribution in [3.63, 3.8) is 0 Å². The molecule has 0 heterocycles. The molecule has 0 aliphatic heterocycles. The van der Waals surface area contributed by atoms with Crippen LogP contribution in [0, 0.1) is 18.7 Å². The molecule has 2 aromatic rings. The maximum atomic E-state index is 13.1. The molecule has 1 aliphatic rings. The molecule has 1 fully saturated rings. The van der Waals surface area contributed by atoms with E-state index in [0.717, 1.165) is 5.56 Å². The van der Waals surface area contributed by atoms with Gasteiger partial charge in [0.2, 0.25) is 15.9 Å². The molecule has 0 spiro atoms. The summed E-state index contributed by atoms with van der Waals surface area (Å²) in [5.41, 5.74) is 1.39. The Morgan fingerprint density at radius 2 is 1.61 bits per heavy atom. The second-order valence-electron chi connectivity index (χ2n) is 8.42. The van der Waals surface area contributed by atoms with Crippen LogP contribution in [0.4, 0.5) is 4.39 Å². The van der Waals surface area contributed by atoms with Crippen LogP contribution < -0.4 is 19.5 Å². The molecule has 0 unspecified atom stereocenters. The second kappa shape index (κ2) is 10.5. The standard InChI is InChI=1S/C24H31FN2O5S/c1-15-13-21(31-3)22(32-4)14-23(15)33(29,30)27-20-11-7-18(8-12-20)24(28)26-16(2)17-5-9-19(25)10-6-17/h5-6,9-10,13-14,16,18,20,27H,7-8,11-12H2,1-4H3,(H,26,28)/t16-,18-,20-/m1/s1. The van der Waals surface area contributed by atoms with Gasteiger partial charge in [0, 0.05) is 18.0 Å². The SMILES string of the molecule is COc1cc(C)c(S(=O)(=O)N[C@H]2CC[C@H](C(=O)N[C@H](C)c3ccc(F)cc3)CC2)cc1OC. The molecule has 1 saturated carbocycles. The summed E-state index contributed by atoms with van der Waals surface area (Å²) in [5, 5.41) is 2.98. The number of halogens is 1. The van der Waals surface area contributed by atoms with Crippen LogP contribution in [0.25, 0.3) is 0 Å². The maximum Gasteiger partial charge on any atom is 0.241 e. The van der Waals surface area contributed by atoms with Crippen LogP contribution in [0.5, 0.6) is 11.5 Å². The van der Waals surface area contributed by atoms with Gasteiger partial charge in [-0.05, 0) is 68.9 Å². The Morgan fingerprint density at radius 3 is 2.18 bits per heavy atom. The number of nitrogens with one attached hydrogen (secondary N) is 2. The van der Waals surface area contributed by atoms with E-state index in [4.69, 9.17) is 9.47 Å². The fourth-order valence-corrected chi connectivity index (χ4v) is 5.72. The van der Waals surface area contributed by atoms with Gasteiger partial charge in [-0.25, -0.2) is 17.5 Å². The van der Waals surface area contributed by atoms with Crippen molar-refractivity contribution in [1.29, 1.82) is 0 Å². The van der Waals surface area contributed by atoms with Gasteiger partial charge >= 0.3 is 0 Å². The Morgan fingerprint density at radius 1 is 1.03 bits per heavy atom. The predicted octanol–water partition coefficient (Wildman–Crippen LogP) is 3.87. The lowest BCUT2D eigenvalue weighted by Crippen LogP contribution is -2.41. The molecule has 2 N–H and O–H groups in total. The molecule has 1 amide bonds. The average Bonchev–Trinajstić information content (AvgIpc) is 2.79. The van der Waals surface area contributed by atoms with Crippen molar-refractivity contribution in [2.75, 3.05) is 14.2 Å². The summed E-state index contributed by atoms with van der Waals surface area (Å²) >= 11 is 0. The number of carbonyl (C=O) groups excluding carboxylic acids is 1. The van der Waals surface area contributed by atoms with E-state index in [1.807, 2.05) is 6.92 Å². The number of sulfonamides is 1. The largest absolute Gasteiger partial charge is 0.493 e. The van der Waals surface area contributed by atoms with Gasteiger partial charge < -0.3 is 14.8 Å². The summed E-state index contributed by atoms with van der Waals surface area (Å²) in [6.45, 7) is 3.57. The third-order valence-corrected chi connectivity index (χ3v) is 7.78. The number of carbonyl (C=O) groups is 1. The molecule has 1 aliphatic carbocycles. The smallest absolute Gasteiger partial charge is 0.241 e. The van der Waals surface area contributed by atoms with Crippen LogP contribution in [0.15, 0.2) is 41.3 Å².